The van der Waals surface area contributed by atoms with Gasteiger partial charge in [0.2, 0.25) is 11.7 Å². The number of aromatic nitrogens is 1. The summed E-state index contributed by atoms with van der Waals surface area (Å²) in [4.78, 5) is 22.5. The number of carbonyl (C=O) groups is 2. The lowest BCUT2D eigenvalue weighted by atomic mass is 10.3. The summed E-state index contributed by atoms with van der Waals surface area (Å²) in [6.45, 7) is 2.60. The van der Waals surface area contributed by atoms with E-state index in [1.54, 1.807) is 12.1 Å². The smallest absolute Gasteiger partial charge is 0.273 e. The number of rotatable bonds is 7. The summed E-state index contributed by atoms with van der Waals surface area (Å²) >= 11 is 0. The lowest BCUT2D eigenvalue weighted by molar-refractivity contribution is -0.118. The summed E-state index contributed by atoms with van der Waals surface area (Å²) < 4.78 is 10.2. The van der Waals surface area contributed by atoms with Gasteiger partial charge in [0, 0.05) is 26.1 Å². The second-order valence-electron chi connectivity index (χ2n) is 4.50. The van der Waals surface area contributed by atoms with Crippen LogP contribution in [0.4, 0.5) is 0 Å². The van der Waals surface area contributed by atoms with Crippen LogP contribution in [0.3, 0.4) is 0 Å². The minimum Gasteiger partial charge on any atom is -0.461 e. The molecule has 2 heterocycles. The van der Waals surface area contributed by atoms with Crippen LogP contribution in [-0.4, -0.2) is 30.1 Å². The third kappa shape index (κ3) is 4.48. The first-order valence-corrected chi connectivity index (χ1v) is 6.70. The van der Waals surface area contributed by atoms with Crippen molar-refractivity contribution in [1.29, 1.82) is 0 Å². The molecule has 0 saturated carbocycles. The van der Waals surface area contributed by atoms with Gasteiger partial charge in [0.1, 0.15) is 0 Å². The molecule has 2 amide bonds. The molecule has 7 heteroatoms. The zero-order valence-electron chi connectivity index (χ0n) is 11.7. The van der Waals surface area contributed by atoms with Crippen molar-refractivity contribution in [2.45, 2.75) is 19.8 Å². The van der Waals surface area contributed by atoms with Crippen LogP contribution in [0.2, 0.25) is 0 Å². The van der Waals surface area contributed by atoms with Crippen LogP contribution in [0, 0.1) is 0 Å². The van der Waals surface area contributed by atoms with Gasteiger partial charge in [-0.3, -0.25) is 9.59 Å². The highest BCUT2D eigenvalue weighted by Crippen LogP contribution is 2.20. The molecule has 0 aliphatic carbocycles. The minimum atomic E-state index is -0.295. The molecule has 7 nitrogen and oxygen atoms in total. The van der Waals surface area contributed by atoms with E-state index < -0.39 is 0 Å². The highest BCUT2D eigenvalue weighted by atomic mass is 16.5. The Kier molecular flexibility index (Phi) is 5.14. The van der Waals surface area contributed by atoms with Gasteiger partial charge in [0.15, 0.2) is 11.5 Å². The molecular formula is C14H17N3O4. The molecule has 0 unspecified atom stereocenters. The van der Waals surface area contributed by atoms with Gasteiger partial charge in [-0.2, -0.15) is 0 Å². The molecule has 2 aromatic rings. The number of unbranched alkanes of at least 4 members (excludes halogenated alkanes) is 1. The van der Waals surface area contributed by atoms with Crippen LogP contribution in [0.15, 0.2) is 33.4 Å². The molecule has 0 fully saturated rings. The van der Waals surface area contributed by atoms with Crippen LogP contribution in [0.25, 0.3) is 11.5 Å². The van der Waals surface area contributed by atoms with Gasteiger partial charge in [-0.25, -0.2) is 0 Å². The molecule has 0 atom stereocenters. The maximum absolute atomic E-state index is 11.8. The topological polar surface area (TPSA) is 97.4 Å². The summed E-state index contributed by atoms with van der Waals surface area (Å²) in [6, 6.07) is 4.99. The highest BCUT2D eigenvalue weighted by Gasteiger charge is 2.14. The van der Waals surface area contributed by atoms with E-state index in [-0.39, 0.29) is 17.5 Å². The average Bonchev–Trinajstić information content (AvgIpc) is 3.11. The third-order valence-corrected chi connectivity index (χ3v) is 2.77. The normalized spacial score (nSPS) is 10.3. The third-order valence-electron chi connectivity index (χ3n) is 2.77. The van der Waals surface area contributed by atoms with Crippen molar-refractivity contribution in [3.63, 3.8) is 0 Å². The number of hydrogen-bond acceptors (Lipinski definition) is 5. The molecule has 0 aliphatic heterocycles. The molecule has 21 heavy (non-hydrogen) atoms. The molecule has 0 spiro atoms. The molecule has 2 rings (SSSR count). The second-order valence-corrected chi connectivity index (χ2v) is 4.50. The highest BCUT2D eigenvalue weighted by molar-refractivity contribution is 5.92. The molecule has 0 bridgehead atoms. The summed E-state index contributed by atoms with van der Waals surface area (Å²) in [5, 5.41) is 9.14. The van der Waals surface area contributed by atoms with Crippen molar-refractivity contribution in [2.24, 2.45) is 0 Å². The molecular weight excluding hydrogens is 274 g/mol. The summed E-state index contributed by atoms with van der Waals surface area (Å²) in [6.07, 6.45) is 3.10. The molecule has 0 saturated heterocycles. The van der Waals surface area contributed by atoms with Gasteiger partial charge in [-0.05, 0) is 25.0 Å². The van der Waals surface area contributed by atoms with Crippen molar-refractivity contribution < 1.29 is 18.5 Å². The number of carbonyl (C=O) groups excluding carboxylic acids is 2. The van der Waals surface area contributed by atoms with E-state index >= 15 is 0 Å². The first kappa shape index (κ1) is 14.8. The lowest BCUT2D eigenvalue weighted by Crippen LogP contribution is -2.26. The number of furan rings is 1. The van der Waals surface area contributed by atoms with E-state index in [4.69, 9.17) is 8.94 Å². The fourth-order valence-corrected chi connectivity index (χ4v) is 1.72. The van der Waals surface area contributed by atoms with Crippen LogP contribution in [0.5, 0.6) is 0 Å². The number of hydrogen-bond donors (Lipinski definition) is 2. The second kappa shape index (κ2) is 7.28. The Morgan fingerprint density at radius 3 is 2.62 bits per heavy atom. The van der Waals surface area contributed by atoms with Gasteiger partial charge in [-0.15, -0.1) is 0 Å². The Morgan fingerprint density at radius 1 is 1.19 bits per heavy atom. The van der Waals surface area contributed by atoms with Crippen molar-refractivity contribution in [1.82, 2.24) is 15.8 Å². The first-order valence-electron chi connectivity index (χ1n) is 6.70. The number of amides is 2. The van der Waals surface area contributed by atoms with Crippen molar-refractivity contribution in [3.05, 3.63) is 30.2 Å². The van der Waals surface area contributed by atoms with E-state index in [0.29, 0.717) is 24.6 Å². The summed E-state index contributed by atoms with van der Waals surface area (Å²) in [5.74, 6) is 0.593. The Morgan fingerprint density at radius 2 is 1.95 bits per heavy atom. The largest absolute Gasteiger partial charge is 0.461 e. The Labute approximate surface area is 121 Å². The van der Waals surface area contributed by atoms with Crippen LogP contribution < -0.4 is 10.6 Å². The molecule has 0 aliphatic rings. The molecule has 0 radical (unpaired) electrons. The van der Waals surface area contributed by atoms with E-state index in [0.717, 1.165) is 12.8 Å². The first-order chi connectivity index (χ1) is 10.2. The zero-order valence-corrected chi connectivity index (χ0v) is 11.7. The van der Waals surface area contributed by atoms with Crippen molar-refractivity contribution in [2.75, 3.05) is 13.1 Å². The Hall–Kier alpha value is -2.57. The SMILES string of the molecule is CC(=O)NCCCCNC(=O)c1cc(-c2ccco2)on1. The van der Waals surface area contributed by atoms with Gasteiger partial charge >= 0.3 is 0 Å². The molecule has 112 valence electrons. The Balaban J connectivity index is 1.73. The number of nitrogens with zero attached hydrogens (tertiary/aromatic N) is 1. The Bertz CT molecular complexity index is 589. The average molecular weight is 291 g/mol. The fraction of sp³-hybridized carbons (Fsp3) is 0.357. The molecule has 0 aromatic carbocycles. The predicted molar refractivity (Wildman–Crippen MR) is 74.5 cm³/mol. The van der Waals surface area contributed by atoms with Gasteiger partial charge in [0.05, 0.1) is 6.26 Å². The number of nitrogens with one attached hydrogen (secondary N) is 2. The molecule has 2 aromatic heterocycles. The maximum Gasteiger partial charge on any atom is 0.273 e. The van der Waals surface area contributed by atoms with E-state index in [2.05, 4.69) is 15.8 Å². The predicted octanol–water partition coefficient (Wildman–Crippen LogP) is 1.58. The van der Waals surface area contributed by atoms with Gasteiger partial charge < -0.3 is 19.6 Å². The quantitative estimate of drug-likeness (QED) is 0.755. The van der Waals surface area contributed by atoms with Gasteiger partial charge in [0.25, 0.3) is 5.91 Å². The van der Waals surface area contributed by atoms with Crippen molar-refractivity contribution in [3.8, 4) is 11.5 Å². The van der Waals surface area contributed by atoms with E-state index in [1.807, 2.05) is 0 Å². The summed E-state index contributed by atoms with van der Waals surface area (Å²) in [7, 11) is 0. The van der Waals surface area contributed by atoms with E-state index in [9.17, 15) is 9.59 Å². The van der Waals surface area contributed by atoms with Gasteiger partial charge in [-0.1, -0.05) is 5.16 Å². The standard InChI is InChI=1S/C14H17N3O4/c1-10(18)15-6-2-3-7-16-14(19)11-9-13(21-17-11)12-5-4-8-20-12/h4-5,8-9H,2-3,6-7H2,1H3,(H,15,18)(H,16,19). The minimum absolute atomic E-state index is 0.0490. The summed E-state index contributed by atoms with van der Waals surface area (Å²) in [5.41, 5.74) is 0.211. The zero-order chi connectivity index (χ0) is 15.1. The van der Waals surface area contributed by atoms with E-state index in [1.165, 1.54) is 19.3 Å². The lowest BCUT2D eigenvalue weighted by Gasteiger charge is -2.03. The van der Waals surface area contributed by atoms with Crippen LogP contribution >= 0.6 is 0 Å². The fourth-order valence-electron chi connectivity index (χ4n) is 1.72. The molecule has 2 N–H and O–H groups in total. The van der Waals surface area contributed by atoms with Crippen LogP contribution in [-0.2, 0) is 4.79 Å². The monoisotopic (exact) mass is 291 g/mol. The maximum atomic E-state index is 11.8. The van der Waals surface area contributed by atoms with Crippen LogP contribution in [0.1, 0.15) is 30.3 Å². The van der Waals surface area contributed by atoms with Crippen molar-refractivity contribution >= 4 is 11.8 Å².